The van der Waals surface area contributed by atoms with Crippen LogP contribution in [0.1, 0.15) is 34.7 Å². The van der Waals surface area contributed by atoms with Gasteiger partial charge in [0.05, 0.1) is 18.2 Å². The fourth-order valence-electron chi connectivity index (χ4n) is 4.32. The van der Waals surface area contributed by atoms with Gasteiger partial charge in [-0.25, -0.2) is 4.79 Å². The van der Waals surface area contributed by atoms with Crippen molar-refractivity contribution < 1.29 is 19.1 Å². The number of benzene rings is 3. The summed E-state index contributed by atoms with van der Waals surface area (Å²) in [5.41, 5.74) is 5.17. The molecule has 7 heteroatoms. The third-order valence-corrected chi connectivity index (χ3v) is 6.19. The first-order chi connectivity index (χ1) is 17.6. The highest BCUT2D eigenvalue weighted by molar-refractivity contribution is 6.31. The smallest absolute Gasteiger partial charge is 0.331 e. The van der Waals surface area contributed by atoms with E-state index in [4.69, 9.17) is 21.1 Å². The third kappa shape index (κ3) is 5.24. The van der Waals surface area contributed by atoms with Crippen molar-refractivity contribution in [3.05, 3.63) is 118 Å². The molecule has 1 aliphatic heterocycles. The molecule has 0 N–H and O–H groups in total. The van der Waals surface area contributed by atoms with Gasteiger partial charge in [0, 0.05) is 22.9 Å². The predicted octanol–water partition coefficient (Wildman–Crippen LogP) is 6.00. The van der Waals surface area contributed by atoms with Crippen LogP contribution in [0.3, 0.4) is 0 Å². The van der Waals surface area contributed by atoms with Crippen molar-refractivity contribution >= 4 is 29.6 Å². The molecule has 4 aromatic rings. The van der Waals surface area contributed by atoms with E-state index in [1.807, 2.05) is 72.8 Å². The van der Waals surface area contributed by atoms with Crippen molar-refractivity contribution in [2.45, 2.75) is 25.7 Å². The average molecular weight is 499 g/mol. The van der Waals surface area contributed by atoms with Gasteiger partial charge in [-0.2, -0.15) is 5.10 Å². The van der Waals surface area contributed by atoms with Gasteiger partial charge in [-0.05, 0) is 46.5 Å². The number of carbonyl (C=O) groups excluding carboxylic acids is 2. The minimum Gasteiger partial charge on any atom is -0.461 e. The van der Waals surface area contributed by atoms with E-state index in [1.54, 1.807) is 23.0 Å². The average Bonchev–Trinajstić information content (AvgIpc) is 3.48. The molecule has 180 valence electrons. The van der Waals surface area contributed by atoms with Crippen LogP contribution in [0.25, 0.3) is 17.3 Å². The molecule has 0 saturated heterocycles. The Morgan fingerprint density at radius 2 is 1.58 bits per heavy atom. The molecule has 3 aromatic carbocycles. The van der Waals surface area contributed by atoms with E-state index in [2.05, 4.69) is 5.10 Å². The zero-order valence-electron chi connectivity index (χ0n) is 19.3. The van der Waals surface area contributed by atoms with Crippen LogP contribution in [0.4, 0.5) is 0 Å². The largest absolute Gasteiger partial charge is 0.461 e. The number of hydrogen-bond acceptors (Lipinski definition) is 5. The molecule has 36 heavy (non-hydrogen) atoms. The summed E-state index contributed by atoms with van der Waals surface area (Å²) in [6.07, 6.45) is 4.87. The fraction of sp³-hybridized carbons (Fsp3) is 0.138. The van der Waals surface area contributed by atoms with E-state index in [0.29, 0.717) is 5.02 Å². The number of carbonyl (C=O) groups is 2. The Morgan fingerprint density at radius 1 is 0.917 bits per heavy atom. The SMILES string of the molecule is O=C(/C=C/c1cc(Cl)cc2c1-c1ccnn1C2CC(=O)OCc1ccccc1)OCc1ccccc1. The fourth-order valence-corrected chi connectivity index (χ4v) is 4.55. The van der Waals surface area contributed by atoms with Crippen molar-refractivity contribution in [3.63, 3.8) is 0 Å². The topological polar surface area (TPSA) is 70.4 Å². The van der Waals surface area contributed by atoms with E-state index in [0.717, 1.165) is 33.5 Å². The molecular weight excluding hydrogens is 476 g/mol. The Hall–Kier alpha value is -4.16. The molecule has 0 fully saturated rings. The number of aromatic nitrogens is 2. The van der Waals surface area contributed by atoms with Crippen LogP contribution >= 0.6 is 11.6 Å². The Kier molecular flexibility index (Phi) is 6.96. The molecule has 0 spiro atoms. The second-order valence-electron chi connectivity index (χ2n) is 8.41. The van der Waals surface area contributed by atoms with Crippen molar-refractivity contribution in [2.24, 2.45) is 0 Å². The predicted molar refractivity (Wildman–Crippen MR) is 137 cm³/mol. The van der Waals surface area contributed by atoms with Gasteiger partial charge >= 0.3 is 11.9 Å². The first-order valence-corrected chi connectivity index (χ1v) is 11.9. The van der Waals surface area contributed by atoms with Gasteiger partial charge in [0.25, 0.3) is 0 Å². The summed E-state index contributed by atoms with van der Waals surface area (Å²) < 4.78 is 12.7. The molecule has 0 amide bonds. The van der Waals surface area contributed by atoms with Crippen LogP contribution in [0.5, 0.6) is 0 Å². The van der Waals surface area contributed by atoms with Gasteiger partial charge in [0.1, 0.15) is 13.2 Å². The molecule has 1 unspecified atom stereocenters. The Labute approximate surface area is 213 Å². The number of fused-ring (bicyclic) bond motifs is 3. The second-order valence-corrected chi connectivity index (χ2v) is 8.85. The van der Waals surface area contributed by atoms with Crippen molar-refractivity contribution in [1.82, 2.24) is 9.78 Å². The molecule has 0 saturated carbocycles. The molecule has 1 aliphatic rings. The van der Waals surface area contributed by atoms with E-state index >= 15 is 0 Å². The zero-order chi connectivity index (χ0) is 24.9. The van der Waals surface area contributed by atoms with Gasteiger partial charge in [0.2, 0.25) is 0 Å². The van der Waals surface area contributed by atoms with Crippen molar-refractivity contribution in [2.75, 3.05) is 0 Å². The molecule has 6 nitrogen and oxygen atoms in total. The van der Waals surface area contributed by atoms with Gasteiger partial charge in [-0.1, -0.05) is 72.3 Å². The summed E-state index contributed by atoms with van der Waals surface area (Å²) in [6.45, 7) is 0.400. The van der Waals surface area contributed by atoms with Gasteiger partial charge in [-0.3, -0.25) is 9.48 Å². The van der Waals surface area contributed by atoms with Crippen LogP contribution in [0.15, 0.2) is 91.1 Å². The first-order valence-electron chi connectivity index (χ1n) is 11.5. The van der Waals surface area contributed by atoms with E-state index in [-0.39, 0.29) is 31.6 Å². The summed E-state index contributed by atoms with van der Waals surface area (Å²) in [6, 6.07) is 24.2. The summed E-state index contributed by atoms with van der Waals surface area (Å²) in [4.78, 5) is 25.1. The maximum Gasteiger partial charge on any atom is 0.331 e. The molecule has 2 heterocycles. The minimum absolute atomic E-state index is 0.108. The van der Waals surface area contributed by atoms with Crippen molar-refractivity contribution in [1.29, 1.82) is 0 Å². The van der Waals surface area contributed by atoms with Crippen LogP contribution in [-0.2, 0) is 32.3 Å². The maximum atomic E-state index is 12.7. The Balaban J connectivity index is 1.33. The lowest BCUT2D eigenvalue weighted by Gasteiger charge is -2.14. The molecule has 1 aromatic heterocycles. The lowest BCUT2D eigenvalue weighted by molar-refractivity contribution is -0.145. The van der Waals surface area contributed by atoms with Crippen LogP contribution in [0.2, 0.25) is 5.02 Å². The number of halogens is 1. The normalized spacial score (nSPS) is 13.9. The quantitative estimate of drug-likeness (QED) is 0.220. The highest BCUT2D eigenvalue weighted by atomic mass is 35.5. The van der Waals surface area contributed by atoms with E-state index < -0.39 is 5.97 Å². The molecular formula is C29H23ClN2O4. The Morgan fingerprint density at radius 3 is 2.28 bits per heavy atom. The summed E-state index contributed by atoms with van der Waals surface area (Å²) in [7, 11) is 0. The number of rotatable bonds is 8. The first kappa shape index (κ1) is 23.6. The summed E-state index contributed by atoms with van der Waals surface area (Å²) in [5.74, 6) is -0.792. The summed E-state index contributed by atoms with van der Waals surface area (Å²) in [5, 5.41) is 4.94. The number of nitrogens with zero attached hydrogens (tertiary/aromatic N) is 2. The molecule has 0 bridgehead atoms. The van der Waals surface area contributed by atoms with E-state index in [9.17, 15) is 9.59 Å². The molecule has 0 aliphatic carbocycles. The lowest BCUT2D eigenvalue weighted by Crippen LogP contribution is -2.15. The number of hydrogen-bond donors (Lipinski definition) is 0. The molecule has 1 atom stereocenters. The monoisotopic (exact) mass is 498 g/mol. The third-order valence-electron chi connectivity index (χ3n) is 5.97. The lowest BCUT2D eigenvalue weighted by atomic mass is 9.95. The zero-order valence-corrected chi connectivity index (χ0v) is 20.1. The minimum atomic E-state index is -0.458. The van der Waals surface area contributed by atoms with E-state index in [1.165, 1.54) is 6.08 Å². The van der Waals surface area contributed by atoms with Crippen LogP contribution in [0, 0.1) is 0 Å². The number of ether oxygens (including phenoxy) is 2. The molecule has 0 radical (unpaired) electrons. The van der Waals surface area contributed by atoms with Crippen LogP contribution in [-0.4, -0.2) is 21.7 Å². The molecule has 5 rings (SSSR count). The summed E-state index contributed by atoms with van der Waals surface area (Å²) >= 11 is 6.44. The van der Waals surface area contributed by atoms with Crippen LogP contribution < -0.4 is 0 Å². The second kappa shape index (κ2) is 10.6. The van der Waals surface area contributed by atoms with Crippen molar-refractivity contribution in [3.8, 4) is 11.3 Å². The highest BCUT2D eigenvalue weighted by Crippen LogP contribution is 2.44. The van der Waals surface area contributed by atoms with Gasteiger partial charge in [0.15, 0.2) is 0 Å². The van der Waals surface area contributed by atoms with Gasteiger partial charge in [-0.15, -0.1) is 0 Å². The maximum absolute atomic E-state index is 12.7. The number of esters is 2. The Bertz CT molecular complexity index is 1410. The highest BCUT2D eigenvalue weighted by Gasteiger charge is 2.33. The van der Waals surface area contributed by atoms with Gasteiger partial charge < -0.3 is 9.47 Å². The standard InChI is InChI=1S/C29H23ClN2O4/c30-23-15-22(11-12-27(33)35-18-20-7-3-1-4-8-20)29-24(16-23)26(32-25(29)13-14-31-32)17-28(34)36-19-21-9-5-2-6-10-21/h1-16,26H,17-19H2/b12-11+.